The Balaban J connectivity index is 2.04. The van der Waals surface area contributed by atoms with Gasteiger partial charge in [0.15, 0.2) is 0 Å². The molecule has 0 amide bonds. The molecule has 1 aromatic carbocycles. The van der Waals surface area contributed by atoms with Gasteiger partial charge in [0.2, 0.25) is 5.88 Å². The van der Waals surface area contributed by atoms with Gasteiger partial charge < -0.3 is 16.2 Å². The van der Waals surface area contributed by atoms with Crippen molar-refractivity contribution >= 4 is 27.0 Å². The van der Waals surface area contributed by atoms with E-state index in [-0.39, 0.29) is 0 Å². The van der Waals surface area contributed by atoms with E-state index in [4.69, 9.17) is 16.2 Å². The molecule has 0 atom stereocenters. The largest absolute Gasteiger partial charge is 0.438 e. The summed E-state index contributed by atoms with van der Waals surface area (Å²) < 4.78 is 6.90. The molecule has 0 aliphatic rings. The monoisotopic (exact) mass is 362 g/mol. The molecular formula is C20H18N4OS. The van der Waals surface area contributed by atoms with Crippen LogP contribution in [0, 0.1) is 11.3 Å². The van der Waals surface area contributed by atoms with E-state index >= 15 is 0 Å². The van der Waals surface area contributed by atoms with Crippen LogP contribution in [-0.4, -0.2) is 4.98 Å². The number of thiophene rings is 1. The normalized spacial score (nSPS) is 12.6. The Morgan fingerprint density at radius 2 is 2.08 bits per heavy atom. The Kier molecular flexibility index (Phi) is 4.92. The van der Waals surface area contributed by atoms with Crippen molar-refractivity contribution in [3.63, 3.8) is 0 Å². The molecule has 0 aliphatic carbocycles. The van der Waals surface area contributed by atoms with Crippen LogP contribution < -0.4 is 16.2 Å². The van der Waals surface area contributed by atoms with Gasteiger partial charge in [-0.25, -0.2) is 4.98 Å². The molecule has 0 fully saturated rings. The zero-order valence-electron chi connectivity index (χ0n) is 14.5. The van der Waals surface area contributed by atoms with Crippen molar-refractivity contribution in [1.29, 1.82) is 5.26 Å². The van der Waals surface area contributed by atoms with E-state index < -0.39 is 0 Å². The number of rotatable bonds is 4. The molecule has 6 heteroatoms. The van der Waals surface area contributed by atoms with E-state index in [2.05, 4.69) is 11.1 Å². The molecule has 0 spiro atoms. The van der Waals surface area contributed by atoms with Gasteiger partial charge in [-0.15, -0.1) is 11.3 Å². The summed E-state index contributed by atoms with van der Waals surface area (Å²) >= 11 is 1.56. The average Bonchev–Trinajstić information content (AvgIpc) is 3.12. The molecule has 0 saturated heterocycles. The van der Waals surface area contributed by atoms with Gasteiger partial charge >= 0.3 is 0 Å². The minimum Gasteiger partial charge on any atom is -0.438 e. The lowest BCUT2D eigenvalue weighted by Crippen LogP contribution is -2.03. The van der Waals surface area contributed by atoms with Crippen LogP contribution in [0.2, 0.25) is 0 Å². The molecule has 5 nitrogen and oxygen atoms in total. The predicted molar refractivity (Wildman–Crippen MR) is 106 cm³/mol. The molecule has 0 unspecified atom stereocenters. The van der Waals surface area contributed by atoms with Crippen molar-refractivity contribution < 1.29 is 4.74 Å². The molecule has 130 valence electrons. The van der Waals surface area contributed by atoms with Crippen molar-refractivity contribution in [3.8, 4) is 17.7 Å². The molecular weight excluding hydrogens is 344 g/mol. The highest BCUT2D eigenvalue weighted by Crippen LogP contribution is 2.34. The van der Waals surface area contributed by atoms with Crippen molar-refractivity contribution in [1.82, 2.24) is 4.98 Å². The fourth-order valence-corrected chi connectivity index (χ4v) is 3.59. The summed E-state index contributed by atoms with van der Waals surface area (Å²) in [5, 5.41) is 12.7. The highest BCUT2D eigenvalue weighted by atomic mass is 32.1. The number of nitrogens with zero attached hydrogens (tertiary/aromatic N) is 2. The van der Waals surface area contributed by atoms with Crippen LogP contribution in [0.25, 0.3) is 15.7 Å². The van der Waals surface area contributed by atoms with E-state index in [0.717, 1.165) is 26.8 Å². The second-order valence-electron chi connectivity index (χ2n) is 5.78. The standard InChI is InChI=1S/C20H18N4OS/c1-12(10-21)18(13(2)23)17-4-3-16(9-15(17)11-22)25-20-19-14(5-7-24-20)6-8-26-19/h3-10H,21,23H2,1-2H3/b12-10-,18-13+. The Hall–Kier alpha value is -3.30. The van der Waals surface area contributed by atoms with Crippen LogP contribution in [0.1, 0.15) is 25.0 Å². The number of hydrogen-bond donors (Lipinski definition) is 2. The van der Waals surface area contributed by atoms with Gasteiger partial charge in [0.05, 0.1) is 16.3 Å². The first kappa shape index (κ1) is 17.5. The van der Waals surface area contributed by atoms with Crippen LogP contribution in [0.15, 0.2) is 59.4 Å². The lowest BCUT2D eigenvalue weighted by atomic mass is 9.93. The zero-order valence-corrected chi connectivity index (χ0v) is 15.3. The van der Waals surface area contributed by atoms with Crippen LogP contribution in [0.5, 0.6) is 11.6 Å². The number of nitriles is 1. The lowest BCUT2D eigenvalue weighted by molar-refractivity contribution is 0.470. The maximum Gasteiger partial charge on any atom is 0.237 e. The van der Waals surface area contributed by atoms with Crippen molar-refractivity contribution in [2.24, 2.45) is 11.5 Å². The van der Waals surface area contributed by atoms with E-state index in [0.29, 0.717) is 22.9 Å². The van der Waals surface area contributed by atoms with Gasteiger partial charge in [0.1, 0.15) is 5.75 Å². The van der Waals surface area contributed by atoms with Crippen molar-refractivity contribution in [3.05, 3.63) is 70.5 Å². The van der Waals surface area contributed by atoms with E-state index in [1.54, 1.807) is 36.6 Å². The molecule has 0 aliphatic heterocycles. The fraction of sp³-hybridized carbons (Fsp3) is 0.100. The first-order valence-corrected chi connectivity index (χ1v) is 8.83. The third kappa shape index (κ3) is 3.25. The zero-order chi connectivity index (χ0) is 18.7. The summed E-state index contributed by atoms with van der Waals surface area (Å²) in [6.07, 6.45) is 3.19. The topological polar surface area (TPSA) is 97.9 Å². The first-order chi connectivity index (χ1) is 12.5. The lowest BCUT2D eigenvalue weighted by Gasteiger charge is -2.14. The molecule has 2 aromatic heterocycles. The Morgan fingerprint density at radius 3 is 2.77 bits per heavy atom. The molecule has 3 rings (SSSR count). The number of pyridine rings is 1. The van der Waals surface area contributed by atoms with Crippen LogP contribution >= 0.6 is 11.3 Å². The summed E-state index contributed by atoms with van der Waals surface area (Å²) in [6.45, 7) is 3.65. The van der Waals surface area contributed by atoms with Gasteiger partial charge in [0, 0.05) is 23.0 Å². The van der Waals surface area contributed by atoms with E-state index in [1.807, 2.05) is 30.5 Å². The fourth-order valence-electron chi connectivity index (χ4n) is 2.77. The minimum atomic E-state index is 0.460. The number of nitrogens with two attached hydrogens (primary N) is 2. The number of ether oxygens (including phenoxy) is 1. The van der Waals surface area contributed by atoms with E-state index in [1.165, 1.54) is 6.20 Å². The molecule has 0 saturated carbocycles. The second-order valence-corrected chi connectivity index (χ2v) is 6.70. The molecule has 2 heterocycles. The van der Waals surface area contributed by atoms with Crippen LogP contribution in [-0.2, 0) is 0 Å². The summed E-state index contributed by atoms with van der Waals surface area (Å²) in [5.74, 6) is 1.07. The number of benzene rings is 1. The quantitative estimate of drug-likeness (QED) is 0.665. The number of fused-ring (bicyclic) bond motifs is 1. The van der Waals surface area contributed by atoms with Crippen LogP contribution in [0.3, 0.4) is 0 Å². The Morgan fingerprint density at radius 1 is 1.27 bits per heavy atom. The number of hydrogen-bond acceptors (Lipinski definition) is 6. The number of allylic oxidation sites excluding steroid dienone is 3. The second kappa shape index (κ2) is 7.30. The Bertz CT molecular complexity index is 1070. The maximum absolute atomic E-state index is 9.60. The van der Waals surface area contributed by atoms with Crippen molar-refractivity contribution in [2.45, 2.75) is 13.8 Å². The predicted octanol–water partition coefficient (Wildman–Crippen LogP) is 4.51. The highest BCUT2D eigenvalue weighted by molar-refractivity contribution is 7.17. The SMILES string of the molecule is CC(=C/N)/C(=C(/C)N)c1ccc(Oc2nccc3ccsc23)cc1C#N. The highest BCUT2D eigenvalue weighted by Gasteiger charge is 2.14. The molecule has 26 heavy (non-hydrogen) atoms. The third-order valence-electron chi connectivity index (χ3n) is 3.97. The summed E-state index contributed by atoms with van der Waals surface area (Å²) in [6, 6.07) is 11.5. The molecule has 0 radical (unpaired) electrons. The van der Waals surface area contributed by atoms with Gasteiger partial charge in [-0.2, -0.15) is 5.26 Å². The van der Waals surface area contributed by atoms with E-state index in [9.17, 15) is 5.26 Å². The molecule has 0 bridgehead atoms. The first-order valence-electron chi connectivity index (χ1n) is 7.95. The van der Waals surface area contributed by atoms with Gasteiger partial charge in [-0.05, 0) is 66.7 Å². The Labute approximate surface area is 155 Å². The summed E-state index contributed by atoms with van der Waals surface area (Å²) in [7, 11) is 0. The van der Waals surface area contributed by atoms with Gasteiger partial charge in [0.25, 0.3) is 0 Å². The van der Waals surface area contributed by atoms with Crippen LogP contribution in [0.4, 0.5) is 0 Å². The summed E-state index contributed by atoms with van der Waals surface area (Å²) in [5.41, 5.74) is 15.0. The van der Waals surface area contributed by atoms with Crippen molar-refractivity contribution in [2.75, 3.05) is 0 Å². The van der Waals surface area contributed by atoms with Gasteiger partial charge in [-0.1, -0.05) is 0 Å². The summed E-state index contributed by atoms with van der Waals surface area (Å²) in [4.78, 5) is 4.31. The molecule has 3 aromatic rings. The third-order valence-corrected chi connectivity index (χ3v) is 4.89. The minimum absolute atomic E-state index is 0.460. The average molecular weight is 362 g/mol. The van der Waals surface area contributed by atoms with Gasteiger partial charge in [-0.3, -0.25) is 0 Å². The maximum atomic E-state index is 9.60. The number of aromatic nitrogens is 1. The molecule has 4 N–H and O–H groups in total. The smallest absolute Gasteiger partial charge is 0.237 e.